The van der Waals surface area contributed by atoms with Gasteiger partial charge in [-0.2, -0.15) is 0 Å². The second-order valence-corrected chi connectivity index (χ2v) is 4.05. The molecule has 2 N–H and O–H groups in total. The molecular weight excluding hydrogens is 254 g/mol. The lowest BCUT2D eigenvalue weighted by Gasteiger charge is -2.12. The summed E-state index contributed by atoms with van der Waals surface area (Å²) in [5.74, 6) is 1.93. The van der Waals surface area contributed by atoms with Gasteiger partial charge in [-0.3, -0.25) is 0 Å². The zero-order valence-electron chi connectivity index (χ0n) is 10.7. The van der Waals surface area contributed by atoms with E-state index in [9.17, 15) is 0 Å². The summed E-state index contributed by atoms with van der Waals surface area (Å²) in [6.07, 6.45) is 0.829. The minimum Gasteiger partial charge on any atom is -0.493 e. The van der Waals surface area contributed by atoms with E-state index in [1.165, 1.54) is 0 Å². The number of alkyl halides is 1. The Bertz CT molecular complexity index is 347. The van der Waals surface area contributed by atoms with E-state index in [1.54, 1.807) is 7.11 Å². The quantitative estimate of drug-likeness (QED) is 0.551. The van der Waals surface area contributed by atoms with Gasteiger partial charge in [-0.15, -0.1) is 11.6 Å². The van der Waals surface area contributed by atoms with Crippen LogP contribution in [-0.2, 0) is 11.2 Å². The zero-order valence-corrected chi connectivity index (χ0v) is 11.4. The van der Waals surface area contributed by atoms with Gasteiger partial charge in [0.25, 0.3) is 0 Å². The van der Waals surface area contributed by atoms with Gasteiger partial charge in [-0.25, -0.2) is 0 Å². The van der Waals surface area contributed by atoms with Crippen molar-refractivity contribution in [3.05, 3.63) is 23.8 Å². The maximum atomic E-state index is 5.58. The lowest BCUT2D eigenvalue weighted by molar-refractivity contribution is 0.110. The average molecular weight is 274 g/mol. The fourth-order valence-electron chi connectivity index (χ4n) is 1.52. The van der Waals surface area contributed by atoms with Gasteiger partial charge in [0.05, 0.1) is 20.3 Å². The second-order valence-electron chi connectivity index (χ2n) is 3.67. The van der Waals surface area contributed by atoms with Crippen molar-refractivity contribution in [1.29, 1.82) is 0 Å². The monoisotopic (exact) mass is 273 g/mol. The highest BCUT2D eigenvalue weighted by Crippen LogP contribution is 2.28. The van der Waals surface area contributed by atoms with Crippen molar-refractivity contribution >= 4 is 11.6 Å². The van der Waals surface area contributed by atoms with Gasteiger partial charge in [0, 0.05) is 5.88 Å². The molecule has 1 rings (SSSR count). The Labute approximate surface area is 113 Å². The van der Waals surface area contributed by atoms with E-state index >= 15 is 0 Å². The predicted molar refractivity (Wildman–Crippen MR) is 72.8 cm³/mol. The molecule has 0 heterocycles. The number of rotatable bonds is 9. The molecule has 0 atom stereocenters. The Morgan fingerprint density at radius 1 is 1.17 bits per heavy atom. The fourth-order valence-corrected chi connectivity index (χ4v) is 1.63. The summed E-state index contributed by atoms with van der Waals surface area (Å²) in [6, 6.07) is 5.83. The minimum atomic E-state index is 0.476. The molecule has 0 unspecified atom stereocenters. The summed E-state index contributed by atoms with van der Waals surface area (Å²) >= 11 is 5.50. The maximum Gasteiger partial charge on any atom is 0.161 e. The summed E-state index contributed by atoms with van der Waals surface area (Å²) in [6.45, 7) is 2.15. The van der Waals surface area contributed by atoms with E-state index in [2.05, 4.69) is 0 Å². The first kappa shape index (κ1) is 15.1. The van der Waals surface area contributed by atoms with E-state index in [0.717, 1.165) is 17.7 Å². The zero-order chi connectivity index (χ0) is 13.2. The van der Waals surface area contributed by atoms with Crippen LogP contribution >= 0.6 is 11.6 Å². The number of methoxy groups -OCH3 is 1. The lowest BCUT2D eigenvalue weighted by atomic mass is 10.1. The number of hydrogen-bond donors (Lipinski definition) is 1. The lowest BCUT2D eigenvalue weighted by Crippen LogP contribution is -2.09. The van der Waals surface area contributed by atoms with Gasteiger partial charge in [-0.1, -0.05) is 6.07 Å². The molecular formula is C13H20ClNO3. The molecule has 1 aromatic rings. The standard InChI is InChI=1S/C13H20ClNO3/c1-16-13-10-11(4-6-15)2-3-12(13)18-9-8-17-7-5-14/h2-3,10H,4-9,15H2,1H3. The number of halogens is 1. The molecule has 0 saturated heterocycles. The molecule has 0 aliphatic rings. The van der Waals surface area contributed by atoms with Gasteiger partial charge in [-0.05, 0) is 30.7 Å². The smallest absolute Gasteiger partial charge is 0.161 e. The molecule has 18 heavy (non-hydrogen) atoms. The summed E-state index contributed by atoms with van der Waals surface area (Å²) in [5.41, 5.74) is 6.66. The van der Waals surface area contributed by atoms with Crippen molar-refractivity contribution in [1.82, 2.24) is 0 Å². The molecule has 0 bridgehead atoms. The molecule has 102 valence electrons. The van der Waals surface area contributed by atoms with E-state index in [4.69, 9.17) is 31.5 Å². The third kappa shape index (κ3) is 5.12. The Morgan fingerprint density at radius 3 is 2.67 bits per heavy atom. The third-order valence-corrected chi connectivity index (χ3v) is 2.52. The Balaban J connectivity index is 2.48. The predicted octanol–water partition coefficient (Wildman–Crippen LogP) is 1.83. The molecule has 0 radical (unpaired) electrons. The van der Waals surface area contributed by atoms with Crippen molar-refractivity contribution < 1.29 is 14.2 Å². The number of benzene rings is 1. The Morgan fingerprint density at radius 2 is 2.00 bits per heavy atom. The SMILES string of the molecule is COc1cc(CCN)ccc1OCCOCCCl. The van der Waals surface area contributed by atoms with Crippen LogP contribution < -0.4 is 15.2 Å². The van der Waals surface area contributed by atoms with E-state index in [1.807, 2.05) is 18.2 Å². The highest BCUT2D eigenvalue weighted by Gasteiger charge is 2.05. The summed E-state index contributed by atoms with van der Waals surface area (Å²) in [5, 5.41) is 0. The average Bonchev–Trinajstić information content (AvgIpc) is 2.40. The van der Waals surface area contributed by atoms with Crippen LogP contribution in [0.5, 0.6) is 11.5 Å². The molecule has 0 saturated carbocycles. The molecule has 0 spiro atoms. The second kappa shape index (κ2) is 9.03. The fraction of sp³-hybridized carbons (Fsp3) is 0.538. The first-order chi connectivity index (χ1) is 8.81. The van der Waals surface area contributed by atoms with Crippen LogP contribution in [0.4, 0.5) is 0 Å². The molecule has 0 fully saturated rings. The normalized spacial score (nSPS) is 10.4. The highest BCUT2D eigenvalue weighted by atomic mass is 35.5. The van der Waals surface area contributed by atoms with Gasteiger partial charge >= 0.3 is 0 Å². The van der Waals surface area contributed by atoms with Crippen molar-refractivity contribution in [2.24, 2.45) is 5.73 Å². The first-order valence-corrected chi connectivity index (χ1v) is 6.48. The van der Waals surface area contributed by atoms with Crippen LogP contribution in [0, 0.1) is 0 Å². The van der Waals surface area contributed by atoms with Gasteiger partial charge < -0.3 is 19.9 Å². The molecule has 5 heteroatoms. The first-order valence-electron chi connectivity index (χ1n) is 5.95. The Hall–Kier alpha value is -0.970. The van der Waals surface area contributed by atoms with Crippen molar-refractivity contribution in [3.8, 4) is 11.5 Å². The van der Waals surface area contributed by atoms with Crippen LogP contribution in [-0.4, -0.2) is 39.4 Å². The van der Waals surface area contributed by atoms with Crippen molar-refractivity contribution in [3.63, 3.8) is 0 Å². The van der Waals surface area contributed by atoms with Gasteiger partial charge in [0.15, 0.2) is 11.5 Å². The van der Waals surface area contributed by atoms with Crippen molar-refractivity contribution in [2.45, 2.75) is 6.42 Å². The number of nitrogens with two attached hydrogens (primary N) is 1. The van der Waals surface area contributed by atoms with E-state index in [-0.39, 0.29) is 0 Å². The largest absolute Gasteiger partial charge is 0.493 e. The number of hydrogen-bond acceptors (Lipinski definition) is 4. The molecule has 0 aromatic heterocycles. The van der Waals surface area contributed by atoms with Crippen LogP contribution in [0.15, 0.2) is 18.2 Å². The maximum absolute atomic E-state index is 5.58. The molecule has 0 aliphatic carbocycles. The van der Waals surface area contributed by atoms with Crippen molar-refractivity contribution in [2.75, 3.05) is 39.4 Å². The van der Waals surface area contributed by atoms with Crippen LogP contribution in [0.1, 0.15) is 5.56 Å². The minimum absolute atomic E-state index is 0.476. The topological polar surface area (TPSA) is 53.7 Å². The Kier molecular flexibility index (Phi) is 7.57. The summed E-state index contributed by atoms with van der Waals surface area (Å²) in [4.78, 5) is 0. The van der Waals surface area contributed by atoms with Gasteiger partial charge in [0.1, 0.15) is 6.61 Å². The molecule has 4 nitrogen and oxygen atoms in total. The van der Waals surface area contributed by atoms with Gasteiger partial charge in [0.2, 0.25) is 0 Å². The summed E-state index contributed by atoms with van der Waals surface area (Å²) < 4.78 is 16.1. The van der Waals surface area contributed by atoms with Crippen LogP contribution in [0.25, 0.3) is 0 Å². The van der Waals surface area contributed by atoms with Crippen LogP contribution in [0.3, 0.4) is 0 Å². The number of ether oxygens (including phenoxy) is 3. The third-order valence-electron chi connectivity index (χ3n) is 2.37. The molecule has 0 aliphatic heterocycles. The summed E-state index contributed by atoms with van der Waals surface area (Å²) in [7, 11) is 1.62. The highest BCUT2D eigenvalue weighted by molar-refractivity contribution is 6.17. The van der Waals surface area contributed by atoms with E-state index in [0.29, 0.717) is 38.0 Å². The molecule has 0 amide bonds. The van der Waals surface area contributed by atoms with Crippen LogP contribution in [0.2, 0.25) is 0 Å². The molecule has 1 aromatic carbocycles. The van der Waals surface area contributed by atoms with E-state index < -0.39 is 0 Å².